The number of carbonyl (C=O) groups is 1. The maximum absolute atomic E-state index is 12.5. The van der Waals surface area contributed by atoms with Crippen molar-refractivity contribution in [3.63, 3.8) is 0 Å². The Kier molecular flexibility index (Phi) is 6.01. The summed E-state index contributed by atoms with van der Waals surface area (Å²) in [5, 5.41) is 0. The topological polar surface area (TPSA) is 49.3 Å². The van der Waals surface area contributed by atoms with Crippen molar-refractivity contribution in [3.8, 4) is 0 Å². The highest BCUT2D eigenvalue weighted by atomic mass is 16.2. The second-order valence-electron chi connectivity index (χ2n) is 8.42. The minimum Gasteiger partial charge on any atom is -0.336 e. The number of likely N-dealkylation sites (tertiary alicyclic amines) is 2. The minimum atomic E-state index is 0.259. The van der Waals surface area contributed by atoms with E-state index in [9.17, 15) is 4.79 Å². The predicted molar refractivity (Wildman–Crippen MR) is 110 cm³/mol. The standard InChI is InChI=1S/C23H30N4O/c28-22-9-11-23(19-27(22)17-21-8-1-2-13-25-21)10-5-15-26(18-23)14-4-7-20-6-3-12-24-16-20/h1-3,6,8,12-13,16H,4-5,7,9-11,14-15,17-19H2. The van der Waals surface area contributed by atoms with Crippen molar-refractivity contribution >= 4 is 5.91 Å². The summed E-state index contributed by atoms with van der Waals surface area (Å²) in [5.41, 5.74) is 2.56. The number of rotatable bonds is 6. The molecule has 0 N–H and O–H groups in total. The van der Waals surface area contributed by atoms with Crippen molar-refractivity contribution in [3.05, 3.63) is 60.2 Å². The Morgan fingerprint density at radius 2 is 2.04 bits per heavy atom. The van der Waals surface area contributed by atoms with Crippen LogP contribution in [-0.2, 0) is 17.8 Å². The molecular formula is C23H30N4O. The van der Waals surface area contributed by atoms with Gasteiger partial charge in [-0.1, -0.05) is 12.1 Å². The smallest absolute Gasteiger partial charge is 0.222 e. The zero-order chi connectivity index (χ0) is 19.2. The molecule has 2 aromatic rings. The second-order valence-corrected chi connectivity index (χ2v) is 8.42. The molecule has 5 nitrogen and oxygen atoms in total. The van der Waals surface area contributed by atoms with Gasteiger partial charge >= 0.3 is 0 Å². The number of amides is 1. The SMILES string of the molecule is O=C1CCC2(CCCN(CCCc3cccnc3)C2)CN1Cc1ccccn1. The molecule has 0 radical (unpaired) electrons. The van der Waals surface area contributed by atoms with E-state index in [2.05, 4.69) is 20.9 Å². The summed E-state index contributed by atoms with van der Waals surface area (Å²) in [7, 11) is 0. The van der Waals surface area contributed by atoms with E-state index in [1.807, 2.05) is 47.8 Å². The molecule has 0 aliphatic carbocycles. The monoisotopic (exact) mass is 378 g/mol. The zero-order valence-electron chi connectivity index (χ0n) is 16.6. The van der Waals surface area contributed by atoms with Crippen LogP contribution in [0.2, 0.25) is 0 Å². The Morgan fingerprint density at radius 1 is 1.07 bits per heavy atom. The lowest BCUT2D eigenvalue weighted by Gasteiger charge is -2.48. The molecule has 1 unspecified atom stereocenters. The van der Waals surface area contributed by atoms with E-state index in [0.717, 1.165) is 38.2 Å². The number of pyridine rings is 2. The van der Waals surface area contributed by atoms with Crippen molar-refractivity contribution in [1.29, 1.82) is 0 Å². The molecule has 2 aliphatic rings. The number of aromatic nitrogens is 2. The number of nitrogens with zero attached hydrogens (tertiary/aromatic N) is 4. The molecule has 1 atom stereocenters. The van der Waals surface area contributed by atoms with Crippen LogP contribution in [0.4, 0.5) is 0 Å². The summed E-state index contributed by atoms with van der Waals surface area (Å²) in [6, 6.07) is 10.1. The lowest BCUT2D eigenvalue weighted by molar-refractivity contribution is -0.140. The van der Waals surface area contributed by atoms with Gasteiger partial charge in [0.15, 0.2) is 0 Å². The molecule has 2 saturated heterocycles. The van der Waals surface area contributed by atoms with Gasteiger partial charge in [-0.3, -0.25) is 14.8 Å². The minimum absolute atomic E-state index is 0.259. The first kappa shape index (κ1) is 19.1. The molecule has 2 fully saturated rings. The van der Waals surface area contributed by atoms with Gasteiger partial charge in [0.25, 0.3) is 0 Å². The summed E-state index contributed by atoms with van der Waals surface area (Å²) in [6.45, 7) is 4.95. The van der Waals surface area contributed by atoms with Crippen molar-refractivity contribution in [2.24, 2.45) is 5.41 Å². The van der Waals surface area contributed by atoms with Crippen LogP contribution < -0.4 is 0 Å². The van der Waals surface area contributed by atoms with Crippen LogP contribution >= 0.6 is 0 Å². The number of hydrogen-bond donors (Lipinski definition) is 0. The van der Waals surface area contributed by atoms with Crippen LogP contribution in [0.15, 0.2) is 48.9 Å². The largest absolute Gasteiger partial charge is 0.336 e. The normalized spacial score (nSPS) is 23.3. The Morgan fingerprint density at radius 3 is 2.86 bits per heavy atom. The van der Waals surface area contributed by atoms with E-state index >= 15 is 0 Å². The van der Waals surface area contributed by atoms with Gasteiger partial charge in [0.1, 0.15) is 0 Å². The van der Waals surface area contributed by atoms with Gasteiger partial charge in [-0.25, -0.2) is 0 Å². The van der Waals surface area contributed by atoms with Crippen LogP contribution in [0.3, 0.4) is 0 Å². The third-order valence-corrected chi connectivity index (χ3v) is 6.23. The third-order valence-electron chi connectivity index (χ3n) is 6.23. The van der Waals surface area contributed by atoms with E-state index in [0.29, 0.717) is 13.0 Å². The molecule has 4 heterocycles. The zero-order valence-corrected chi connectivity index (χ0v) is 16.6. The van der Waals surface area contributed by atoms with E-state index in [1.54, 1.807) is 0 Å². The third kappa shape index (κ3) is 4.76. The summed E-state index contributed by atoms with van der Waals surface area (Å²) in [4.78, 5) is 25.8. The lowest BCUT2D eigenvalue weighted by Crippen LogP contribution is -2.53. The maximum Gasteiger partial charge on any atom is 0.222 e. The van der Waals surface area contributed by atoms with Gasteiger partial charge in [0.2, 0.25) is 5.91 Å². The molecule has 148 valence electrons. The molecule has 1 spiro atoms. The molecule has 28 heavy (non-hydrogen) atoms. The molecule has 4 rings (SSSR count). The van der Waals surface area contributed by atoms with Crippen molar-refractivity contribution < 1.29 is 4.79 Å². The fraction of sp³-hybridized carbons (Fsp3) is 0.522. The average Bonchev–Trinajstić information content (AvgIpc) is 2.73. The van der Waals surface area contributed by atoms with E-state index in [4.69, 9.17) is 0 Å². The van der Waals surface area contributed by atoms with Crippen LogP contribution in [0, 0.1) is 5.41 Å². The average molecular weight is 379 g/mol. The number of aryl methyl sites for hydroxylation is 1. The number of hydrogen-bond acceptors (Lipinski definition) is 4. The van der Waals surface area contributed by atoms with Gasteiger partial charge in [-0.2, -0.15) is 0 Å². The predicted octanol–water partition coefficient (Wildman–Crippen LogP) is 3.31. The van der Waals surface area contributed by atoms with Crippen LogP contribution in [0.25, 0.3) is 0 Å². The molecule has 2 aliphatic heterocycles. The second kappa shape index (κ2) is 8.82. The quantitative estimate of drug-likeness (QED) is 0.774. The first-order chi connectivity index (χ1) is 13.7. The van der Waals surface area contributed by atoms with Gasteiger partial charge in [0.05, 0.1) is 12.2 Å². The molecule has 5 heteroatoms. The van der Waals surface area contributed by atoms with E-state index in [1.165, 1.54) is 31.4 Å². The highest BCUT2D eigenvalue weighted by Gasteiger charge is 2.41. The summed E-state index contributed by atoms with van der Waals surface area (Å²) >= 11 is 0. The van der Waals surface area contributed by atoms with Gasteiger partial charge in [-0.05, 0) is 69.0 Å². The van der Waals surface area contributed by atoms with Crippen molar-refractivity contribution in [1.82, 2.24) is 19.8 Å². The number of piperidine rings is 2. The molecular weight excluding hydrogens is 348 g/mol. The van der Waals surface area contributed by atoms with Gasteiger partial charge < -0.3 is 9.80 Å². The number of carbonyl (C=O) groups excluding carboxylic acids is 1. The molecule has 1 amide bonds. The van der Waals surface area contributed by atoms with E-state index < -0.39 is 0 Å². The van der Waals surface area contributed by atoms with Crippen molar-refractivity contribution in [2.75, 3.05) is 26.2 Å². The van der Waals surface area contributed by atoms with Crippen LogP contribution in [0.1, 0.15) is 43.4 Å². The van der Waals surface area contributed by atoms with Gasteiger partial charge in [-0.15, -0.1) is 0 Å². The summed E-state index contributed by atoms with van der Waals surface area (Å²) in [6.07, 6.45) is 12.0. The van der Waals surface area contributed by atoms with Gasteiger partial charge in [0, 0.05) is 43.5 Å². The highest BCUT2D eigenvalue weighted by molar-refractivity contribution is 5.77. The van der Waals surface area contributed by atoms with E-state index in [-0.39, 0.29) is 11.3 Å². The van der Waals surface area contributed by atoms with Crippen molar-refractivity contribution in [2.45, 2.75) is 45.1 Å². The molecule has 0 aromatic carbocycles. The molecule has 0 bridgehead atoms. The molecule has 0 saturated carbocycles. The Balaban J connectivity index is 1.33. The Bertz CT molecular complexity index is 767. The Hall–Kier alpha value is -2.27. The van der Waals surface area contributed by atoms with Crippen LogP contribution in [0.5, 0.6) is 0 Å². The Labute approximate surface area is 167 Å². The summed E-state index contributed by atoms with van der Waals surface area (Å²) in [5.74, 6) is 0.282. The molecule has 2 aromatic heterocycles. The first-order valence-corrected chi connectivity index (χ1v) is 10.5. The maximum atomic E-state index is 12.5. The fourth-order valence-corrected chi connectivity index (χ4v) is 4.82. The lowest BCUT2D eigenvalue weighted by atomic mass is 9.73. The highest BCUT2D eigenvalue weighted by Crippen LogP contribution is 2.39. The fourth-order valence-electron chi connectivity index (χ4n) is 4.82. The van der Waals surface area contributed by atoms with Crippen LogP contribution in [-0.4, -0.2) is 51.9 Å². The summed E-state index contributed by atoms with van der Waals surface area (Å²) < 4.78 is 0. The first-order valence-electron chi connectivity index (χ1n) is 10.5.